The number of amides is 1. The maximum atomic E-state index is 12.6. The van der Waals surface area contributed by atoms with E-state index in [9.17, 15) is 4.79 Å². The first-order valence-electron chi connectivity index (χ1n) is 7.28. The topological polar surface area (TPSA) is 45.2 Å². The lowest BCUT2D eigenvalue weighted by Gasteiger charge is -2.20. The van der Waals surface area contributed by atoms with Gasteiger partial charge in [0.25, 0.3) is 5.91 Å². The quantitative estimate of drug-likeness (QED) is 0.919. The number of nitrogens with one attached hydrogen (secondary N) is 1. The normalized spacial score (nSPS) is 14.2. The van der Waals surface area contributed by atoms with E-state index < -0.39 is 0 Å². The molecule has 1 aliphatic rings. The number of hydrogen-bond donors (Lipinski definition) is 1. The van der Waals surface area contributed by atoms with Crippen molar-refractivity contribution in [2.24, 2.45) is 0 Å². The highest BCUT2D eigenvalue weighted by molar-refractivity contribution is 5.94. The molecule has 1 amide bonds. The van der Waals surface area contributed by atoms with Gasteiger partial charge in [0.15, 0.2) is 0 Å². The third-order valence-corrected chi connectivity index (χ3v) is 3.97. The molecule has 4 nitrogen and oxygen atoms in total. The van der Waals surface area contributed by atoms with Crippen LogP contribution in [0, 0.1) is 0 Å². The van der Waals surface area contributed by atoms with Crippen molar-refractivity contribution >= 4 is 11.7 Å². The molecule has 2 aromatic rings. The second kappa shape index (κ2) is 5.95. The van der Waals surface area contributed by atoms with E-state index in [0.29, 0.717) is 5.56 Å². The Balaban J connectivity index is 1.77. The van der Waals surface area contributed by atoms with Crippen molar-refractivity contribution in [3.63, 3.8) is 0 Å². The molecule has 0 saturated carbocycles. The Kier molecular flexibility index (Phi) is 3.86. The SMILES string of the molecule is CNc1cc(C(=O)N2CCc3ccccc3CC2)ccn1. The first kappa shape index (κ1) is 13.6. The number of anilines is 1. The number of nitrogens with zero attached hydrogens (tertiary/aromatic N) is 2. The van der Waals surface area contributed by atoms with E-state index in [1.165, 1.54) is 11.1 Å². The van der Waals surface area contributed by atoms with Gasteiger partial charge in [0.05, 0.1) is 0 Å². The van der Waals surface area contributed by atoms with Crippen LogP contribution in [0.1, 0.15) is 21.5 Å². The highest BCUT2D eigenvalue weighted by Crippen LogP contribution is 2.17. The summed E-state index contributed by atoms with van der Waals surface area (Å²) in [5, 5.41) is 2.97. The number of carbonyl (C=O) groups is 1. The lowest BCUT2D eigenvalue weighted by atomic mass is 10.0. The monoisotopic (exact) mass is 281 g/mol. The Bertz CT molecular complexity index is 627. The molecule has 1 aromatic heterocycles. The van der Waals surface area contributed by atoms with Crippen LogP contribution >= 0.6 is 0 Å². The summed E-state index contributed by atoms with van der Waals surface area (Å²) < 4.78 is 0. The lowest BCUT2D eigenvalue weighted by molar-refractivity contribution is 0.0763. The van der Waals surface area contributed by atoms with Gasteiger partial charge < -0.3 is 10.2 Å². The number of fused-ring (bicyclic) bond motifs is 1. The number of carbonyl (C=O) groups excluding carboxylic acids is 1. The first-order valence-corrected chi connectivity index (χ1v) is 7.28. The van der Waals surface area contributed by atoms with Gasteiger partial charge in [0.2, 0.25) is 0 Å². The van der Waals surface area contributed by atoms with Gasteiger partial charge in [-0.25, -0.2) is 4.98 Å². The van der Waals surface area contributed by atoms with Crippen LogP contribution < -0.4 is 5.32 Å². The Morgan fingerprint density at radius 2 is 1.81 bits per heavy atom. The van der Waals surface area contributed by atoms with E-state index in [1.54, 1.807) is 25.4 Å². The van der Waals surface area contributed by atoms with Crippen molar-refractivity contribution < 1.29 is 4.79 Å². The average molecular weight is 281 g/mol. The minimum Gasteiger partial charge on any atom is -0.373 e. The van der Waals surface area contributed by atoms with E-state index in [2.05, 4.69) is 34.6 Å². The molecule has 0 saturated heterocycles. The van der Waals surface area contributed by atoms with Crippen LogP contribution in [0.5, 0.6) is 0 Å². The minimum absolute atomic E-state index is 0.0849. The Morgan fingerprint density at radius 1 is 1.14 bits per heavy atom. The fourth-order valence-electron chi connectivity index (χ4n) is 2.75. The summed E-state index contributed by atoms with van der Waals surface area (Å²) in [6, 6.07) is 12.0. The highest BCUT2D eigenvalue weighted by Gasteiger charge is 2.19. The maximum absolute atomic E-state index is 12.6. The van der Waals surface area contributed by atoms with Crippen molar-refractivity contribution in [1.82, 2.24) is 9.88 Å². The number of rotatable bonds is 2. The molecule has 2 heterocycles. The molecule has 1 N–H and O–H groups in total. The highest BCUT2D eigenvalue weighted by atomic mass is 16.2. The summed E-state index contributed by atoms with van der Waals surface area (Å²) >= 11 is 0. The van der Waals surface area contributed by atoms with E-state index in [0.717, 1.165) is 31.7 Å². The molecule has 3 rings (SSSR count). The molecule has 1 aliphatic heterocycles. The van der Waals surface area contributed by atoms with Gasteiger partial charge in [-0.05, 0) is 36.1 Å². The minimum atomic E-state index is 0.0849. The molecule has 21 heavy (non-hydrogen) atoms. The molecule has 1 aromatic carbocycles. The predicted octanol–water partition coefficient (Wildman–Crippen LogP) is 2.36. The molecule has 108 valence electrons. The average Bonchev–Trinajstić information content (AvgIpc) is 2.77. The zero-order valence-electron chi connectivity index (χ0n) is 12.2. The zero-order chi connectivity index (χ0) is 14.7. The van der Waals surface area contributed by atoms with Crippen LogP contribution in [-0.4, -0.2) is 35.9 Å². The standard InChI is InChI=1S/C17H19N3O/c1-18-16-12-15(6-9-19-16)17(21)20-10-7-13-4-2-3-5-14(13)8-11-20/h2-6,9,12H,7-8,10-11H2,1H3,(H,18,19). The summed E-state index contributed by atoms with van der Waals surface area (Å²) in [4.78, 5) is 18.7. The second-order valence-electron chi connectivity index (χ2n) is 5.24. The molecular weight excluding hydrogens is 262 g/mol. The molecule has 0 aliphatic carbocycles. The van der Waals surface area contributed by atoms with E-state index in [-0.39, 0.29) is 5.91 Å². The van der Waals surface area contributed by atoms with Crippen molar-refractivity contribution in [2.75, 3.05) is 25.5 Å². The van der Waals surface area contributed by atoms with Crippen LogP contribution in [0.15, 0.2) is 42.6 Å². The van der Waals surface area contributed by atoms with Gasteiger partial charge in [0.1, 0.15) is 5.82 Å². The molecule has 4 heteroatoms. The largest absolute Gasteiger partial charge is 0.373 e. The van der Waals surface area contributed by atoms with Gasteiger partial charge in [-0.2, -0.15) is 0 Å². The Morgan fingerprint density at radius 3 is 2.43 bits per heavy atom. The van der Waals surface area contributed by atoms with Crippen LogP contribution in [0.25, 0.3) is 0 Å². The molecule has 0 bridgehead atoms. The smallest absolute Gasteiger partial charge is 0.254 e. The van der Waals surface area contributed by atoms with Crippen LogP contribution in [-0.2, 0) is 12.8 Å². The molecule has 0 radical (unpaired) electrons. The van der Waals surface area contributed by atoms with Gasteiger partial charge >= 0.3 is 0 Å². The first-order chi connectivity index (χ1) is 10.3. The van der Waals surface area contributed by atoms with Gasteiger partial charge in [0, 0.05) is 31.9 Å². The summed E-state index contributed by atoms with van der Waals surface area (Å²) in [7, 11) is 1.80. The van der Waals surface area contributed by atoms with Gasteiger partial charge in [-0.3, -0.25) is 4.79 Å². The zero-order valence-corrected chi connectivity index (χ0v) is 12.2. The fourth-order valence-corrected chi connectivity index (χ4v) is 2.75. The van der Waals surface area contributed by atoms with Crippen LogP contribution in [0.2, 0.25) is 0 Å². The summed E-state index contributed by atoms with van der Waals surface area (Å²) in [6.45, 7) is 1.54. The van der Waals surface area contributed by atoms with Gasteiger partial charge in [-0.1, -0.05) is 24.3 Å². The fraction of sp³-hybridized carbons (Fsp3) is 0.294. The molecule has 0 fully saturated rings. The van der Waals surface area contributed by atoms with Crippen molar-refractivity contribution in [1.29, 1.82) is 0 Å². The summed E-state index contributed by atoms with van der Waals surface area (Å²) in [5.74, 6) is 0.806. The Labute approximate surface area is 124 Å². The summed E-state index contributed by atoms with van der Waals surface area (Å²) in [6.07, 6.45) is 3.52. The van der Waals surface area contributed by atoms with Crippen LogP contribution in [0.3, 0.4) is 0 Å². The summed E-state index contributed by atoms with van der Waals surface area (Å²) in [5.41, 5.74) is 3.41. The van der Waals surface area contributed by atoms with E-state index >= 15 is 0 Å². The number of benzene rings is 1. The number of hydrogen-bond acceptors (Lipinski definition) is 3. The lowest BCUT2D eigenvalue weighted by Crippen LogP contribution is -2.33. The third kappa shape index (κ3) is 2.89. The maximum Gasteiger partial charge on any atom is 0.254 e. The van der Waals surface area contributed by atoms with Crippen molar-refractivity contribution in [3.8, 4) is 0 Å². The van der Waals surface area contributed by atoms with E-state index in [1.807, 2.05) is 4.90 Å². The Hall–Kier alpha value is -2.36. The van der Waals surface area contributed by atoms with Crippen molar-refractivity contribution in [2.45, 2.75) is 12.8 Å². The van der Waals surface area contributed by atoms with Gasteiger partial charge in [-0.15, -0.1) is 0 Å². The van der Waals surface area contributed by atoms with E-state index in [4.69, 9.17) is 0 Å². The predicted molar refractivity (Wildman–Crippen MR) is 83.5 cm³/mol. The number of pyridine rings is 1. The van der Waals surface area contributed by atoms with Crippen LogP contribution in [0.4, 0.5) is 5.82 Å². The number of aromatic nitrogens is 1. The second-order valence-corrected chi connectivity index (χ2v) is 5.24. The molecular formula is C17H19N3O. The molecule has 0 atom stereocenters. The third-order valence-electron chi connectivity index (χ3n) is 3.97. The molecule has 0 spiro atoms. The molecule has 0 unspecified atom stereocenters. The van der Waals surface area contributed by atoms with Crippen molar-refractivity contribution in [3.05, 3.63) is 59.3 Å².